The molecule has 2 aliphatic rings. The highest BCUT2D eigenvalue weighted by Gasteiger charge is 2.31. The van der Waals surface area contributed by atoms with Crippen LogP contribution >= 0.6 is 0 Å². The number of amides is 1. The van der Waals surface area contributed by atoms with Crippen molar-refractivity contribution in [1.29, 1.82) is 0 Å². The summed E-state index contributed by atoms with van der Waals surface area (Å²) < 4.78 is 5.47. The molecule has 21 heavy (non-hydrogen) atoms. The molecule has 122 valence electrons. The van der Waals surface area contributed by atoms with Gasteiger partial charge in [-0.2, -0.15) is 0 Å². The minimum Gasteiger partial charge on any atom is -0.444 e. The number of likely N-dealkylation sites (tertiary alicyclic amines) is 1. The summed E-state index contributed by atoms with van der Waals surface area (Å²) in [5.41, 5.74) is -0.406. The van der Waals surface area contributed by atoms with Gasteiger partial charge in [0.25, 0.3) is 0 Å². The molecular weight excluding hydrogens is 264 g/mol. The van der Waals surface area contributed by atoms with E-state index in [1.807, 2.05) is 32.7 Å². The third kappa shape index (κ3) is 4.87. The summed E-state index contributed by atoms with van der Waals surface area (Å²) in [7, 11) is 1.89. The Labute approximate surface area is 129 Å². The summed E-state index contributed by atoms with van der Waals surface area (Å²) in [5, 5.41) is 0. The van der Waals surface area contributed by atoms with Gasteiger partial charge < -0.3 is 14.5 Å². The van der Waals surface area contributed by atoms with E-state index in [9.17, 15) is 4.79 Å². The van der Waals surface area contributed by atoms with Crippen LogP contribution in [-0.2, 0) is 4.74 Å². The van der Waals surface area contributed by atoms with Crippen molar-refractivity contribution in [1.82, 2.24) is 9.80 Å². The van der Waals surface area contributed by atoms with Gasteiger partial charge in [0, 0.05) is 19.1 Å². The predicted octanol–water partition coefficient (Wildman–Crippen LogP) is 3.65. The lowest BCUT2D eigenvalue weighted by molar-refractivity contribution is 0.0143. The Bertz CT molecular complexity index is 337. The van der Waals surface area contributed by atoms with Gasteiger partial charge in [-0.25, -0.2) is 4.79 Å². The second kappa shape index (κ2) is 6.99. The second-order valence-electron chi connectivity index (χ2n) is 7.65. The molecule has 0 unspecified atom stereocenters. The molecule has 0 atom stereocenters. The first kappa shape index (κ1) is 16.6. The van der Waals surface area contributed by atoms with E-state index in [0.717, 1.165) is 18.9 Å². The molecule has 1 saturated carbocycles. The van der Waals surface area contributed by atoms with Crippen LogP contribution in [0.1, 0.15) is 65.7 Å². The van der Waals surface area contributed by atoms with E-state index in [0.29, 0.717) is 6.04 Å². The van der Waals surface area contributed by atoms with E-state index >= 15 is 0 Å². The van der Waals surface area contributed by atoms with Gasteiger partial charge in [0.2, 0.25) is 0 Å². The van der Waals surface area contributed by atoms with Gasteiger partial charge in [0.1, 0.15) is 5.60 Å². The normalized spacial score (nSPS) is 28.2. The maximum Gasteiger partial charge on any atom is 0.410 e. The van der Waals surface area contributed by atoms with Crippen LogP contribution in [0.3, 0.4) is 0 Å². The van der Waals surface area contributed by atoms with Crippen molar-refractivity contribution in [3.63, 3.8) is 0 Å². The molecule has 0 spiro atoms. The highest BCUT2D eigenvalue weighted by Crippen LogP contribution is 2.28. The predicted molar refractivity (Wildman–Crippen MR) is 85.5 cm³/mol. The van der Waals surface area contributed by atoms with E-state index in [1.54, 1.807) is 0 Å². The first-order valence-corrected chi connectivity index (χ1v) is 8.57. The highest BCUT2D eigenvalue weighted by molar-refractivity contribution is 5.68. The van der Waals surface area contributed by atoms with Crippen molar-refractivity contribution in [2.45, 2.75) is 83.4 Å². The van der Waals surface area contributed by atoms with Crippen LogP contribution in [0, 0.1) is 0 Å². The number of carbonyl (C=O) groups is 1. The van der Waals surface area contributed by atoms with E-state index in [-0.39, 0.29) is 6.09 Å². The maximum atomic E-state index is 12.1. The number of ether oxygens (including phenoxy) is 1. The minimum atomic E-state index is -0.406. The lowest BCUT2D eigenvalue weighted by atomic mass is 9.88. The Balaban J connectivity index is 1.78. The van der Waals surface area contributed by atoms with Crippen molar-refractivity contribution < 1.29 is 9.53 Å². The van der Waals surface area contributed by atoms with Crippen LogP contribution in [0.2, 0.25) is 0 Å². The zero-order valence-electron chi connectivity index (χ0n) is 14.2. The third-order valence-electron chi connectivity index (χ3n) is 4.80. The summed E-state index contributed by atoms with van der Waals surface area (Å²) in [6.45, 7) is 8.32. The molecule has 2 rings (SSSR count). The SMILES string of the molecule is CN(C(=O)OC(C)(C)C)C1CCC(N2CCCCC2)CC1. The standard InChI is InChI=1S/C17H32N2O2/c1-17(2,3)21-16(20)18(4)14-8-10-15(11-9-14)19-12-6-5-7-13-19/h14-15H,5-13H2,1-4H3. The fraction of sp³-hybridized carbons (Fsp3) is 0.941. The monoisotopic (exact) mass is 296 g/mol. The molecule has 4 heteroatoms. The number of carbonyl (C=O) groups excluding carboxylic acids is 1. The quantitative estimate of drug-likeness (QED) is 0.780. The summed E-state index contributed by atoms with van der Waals surface area (Å²) in [6, 6.07) is 1.09. The fourth-order valence-corrected chi connectivity index (χ4v) is 3.58. The maximum absolute atomic E-state index is 12.1. The zero-order chi connectivity index (χ0) is 15.5. The largest absolute Gasteiger partial charge is 0.444 e. The van der Waals surface area contributed by atoms with Crippen molar-refractivity contribution in [2.75, 3.05) is 20.1 Å². The van der Waals surface area contributed by atoms with Crippen molar-refractivity contribution in [2.24, 2.45) is 0 Å². The number of nitrogens with zero attached hydrogens (tertiary/aromatic N) is 2. The molecule has 2 fully saturated rings. The number of hydrogen-bond donors (Lipinski definition) is 0. The molecule has 1 heterocycles. The first-order valence-electron chi connectivity index (χ1n) is 8.57. The summed E-state index contributed by atoms with van der Waals surface area (Å²) >= 11 is 0. The van der Waals surface area contributed by atoms with E-state index in [4.69, 9.17) is 4.74 Å². The van der Waals surface area contributed by atoms with Gasteiger partial charge in [0.15, 0.2) is 0 Å². The topological polar surface area (TPSA) is 32.8 Å². The van der Waals surface area contributed by atoms with Crippen LogP contribution in [0.15, 0.2) is 0 Å². The smallest absolute Gasteiger partial charge is 0.410 e. The molecule has 0 aromatic carbocycles. The van der Waals surface area contributed by atoms with Crippen LogP contribution in [0.4, 0.5) is 4.79 Å². The van der Waals surface area contributed by atoms with E-state index < -0.39 is 5.60 Å². The van der Waals surface area contributed by atoms with Crippen LogP contribution < -0.4 is 0 Å². The fourth-order valence-electron chi connectivity index (χ4n) is 3.58. The average molecular weight is 296 g/mol. The van der Waals surface area contributed by atoms with Gasteiger partial charge in [-0.3, -0.25) is 0 Å². The molecule has 4 nitrogen and oxygen atoms in total. The molecule has 1 amide bonds. The Hall–Kier alpha value is -0.770. The first-order chi connectivity index (χ1) is 9.87. The highest BCUT2D eigenvalue weighted by atomic mass is 16.6. The Morgan fingerprint density at radius 2 is 1.62 bits per heavy atom. The van der Waals surface area contributed by atoms with Crippen LogP contribution in [0.25, 0.3) is 0 Å². The number of rotatable bonds is 2. The molecule has 0 N–H and O–H groups in total. The Kier molecular flexibility index (Phi) is 5.53. The van der Waals surface area contributed by atoms with Crippen molar-refractivity contribution >= 4 is 6.09 Å². The van der Waals surface area contributed by atoms with Crippen molar-refractivity contribution in [3.8, 4) is 0 Å². The summed E-state index contributed by atoms with van der Waals surface area (Å²) in [4.78, 5) is 16.6. The van der Waals surface area contributed by atoms with Gasteiger partial charge in [-0.05, 0) is 72.4 Å². The zero-order valence-corrected chi connectivity index (χ0v) is 14.2. The van der Waals surface area contributed by atoms with Crippen molar-refractivity contribution in [3.05, 3.63) is 0 Å². The van der Waals surface area contributed by atoms with Crippen LogP contribution in [-0.4, -0.2) is 53.7 Å². The molecule has 0 radical (unpaired) electrons. The summed E-state index contributed by atoms with van der Waals surface area (Å²) in [5.74, 6) is 0. The lowest BCUT2D eigenvalue weighted by Crippen LogP contribution is -2.47. The van der Waals surface area contributed by atoms with Crippen LogP contribution in [0.5, 0.6) is 0 Å². The third-order valence-corrected chi connectivity index (χ3v) is 4.80. The van der Waals surface area contributed by atoms with E-state index in [1.165, 1.54) is 45.2 Å². The molecule has 0 aromatic rings. The number of piperidine rings is 1. The van der Waals surface area contributed by atoms with Gasteiger partial charge in [0.05, 0.1) is 0 Å². The molecule has 1 saturated heterocycles. The summed E-state index contributed by atoms with van der Waals surface area (Å²) in [6.07, 6.45) is 8.59. The second-order valence-corrected chi connectivity index (χ2v) is 7.65. The Morgan fingerprint density at radius 3 is 2.14 bits per heavy atom. The molecular formula is C17H32N2O2. The van der Waals surface area contributed by atoms with E-state index in [2.05, 4.69) is 4.90 Å². The van der Waals surface area contributed by atoms with Gasteiger partial charge in [-0.1, -0.05) is 6.42 Å². The molecule has 1 aliphatic heterocycles. The lowest BCUT2D eigenvalue weighted by Gasteiger charge is -2.41. The molecule has 0 bridgehead atoms. The Morgan fingerprint density at radius 1 is 1.05 bits per heavy atom. The number of hydrogen-bond acceptors (Lipinski definition) is 3. The van der Waals surface area contributed by atoms with Gasteiger partial charge >= 0.3 is 6.09 Å². The average Bonchev–Trinajstić information content (AvgIpc) is 2.46. The molecule has 0 aromatic heterocycles. The van der Waals surface area contributed by atoms with Gasteiger partial charge in [-0.15, -0.1) is 0 Å². The molecule has 1 aliphatic carbocycles. The minimum absolute atomic E-state index is 0.177.